The van der Waals surface area contributed by atoms with Crippen LogP contribution >= 0.6 is 0 Å². The molecule has 1 N–H and O–H groups in total. The van der Waals surface area contributed by atoms with Crippen molar-refractivity contribution < 1.29 is 18.3 Å². The summed E-state index contributed by atoms with van der Waals surface area (Å²) in [6.45, 7) is 2.31. The van der Waals surface area contributed by atoms with E-state index in [1.54, 1.807) is 23.5 Å². The summed E-state index contributed by atoms with van der Waals surface area (Å²) in [6, 6.07) is 20.0. The largest absolute Gasteiger partial charge is 0.495 e. The lowest BCUT2D eigenvalue weighted by molar-refractivity contribution is 0.193. The Hall–Kier alpha value is -3.31. The van der Waals surface area contributed by atoms with Crippen molar-refractivity contribution in [1.82, 2.24) is 4.31 Å². The highest BCUT2D eigenvalue weighted by Gasteiger charge is 2.50. The van der Waals surface area contributed by atoms with Gasteiger partial charge in [0.2, 0.25) is 10.0 Å². The van der Waals surface area contributed by atoms with E-state index in [2.05, 4.69) is 16.7 Å². The number of aryl methyl sites for hydroxylation is 1. The normalized spacial score (nSPS) is 21.3. The lowest BCUT2D eigenvalue weighted by Gasteiger charge is -2.44. The number of hydrogen-bond donors (Lipinski definition) is 1. The summed E-state index contributed by atoms with van der Waals surface area (Å²) in [5.41, 5.74) is 4.44. The molecule has 2 heterocycles. The molecule has 2 aliphatic heterocycles. The van der Waals surface area contributed by atoms with Crippen LogP contribution in [0.1, 0.15) is 34.7 Å². The number of rotatable bonds is 4. The predicted molar refractivity (Wildman–Crippen MR) is 141 cm³/mol. The lowest BCUT2D eigenvalue weighted by Crippen LogP contribution is -2.48. The van der Waals surface area contributed by atoms with Crippen molar-refractivity contribution in [2.75, 3.05) is 32.2 Å². The van der Waals surface area contributed by atoms with Gasteiger partial charge in [-0.15, -0.1) is 0 Å². The van der Waals surface area contributed by atoms with Gasteiger partial charge < -0.3 is 14.7 Å². The fourth-order valence-electron chi connectivity index (χ4n) is 5.49. The number of aliphatic hydroxyl groups excluding tert-OH is 1. The van der Waals surface area contributed by atoms with Crippen LogP contribution in [0.25, 0.3) is 0 Å². The first-order chi connectivity index (χ1) is 17.3. The molecule has 0 spiro atoms. The van der Waals surface area contributed by atoms with E-state index in [1.807, 2.05) is 68.6 Å². The average molecular weight is 503 g/mol. The van der Waals surface area contributed by atoms with Crippen molar-refractivity contribution in [3.63, 3.8) is 0 Å². The second-order valence-electron chi connectivity index (χ2n) is 9.41. The second kappa shape index (κ2) is 9.62. The minimum atomic E-state index is -3.71. The Morgan fingerprint density at radius 2 is 1.81 bits per heavy atom. The third kappa shape index (κ3) is 4.16. The quantitative estimate of drug-likeness (QED) is 0.547. The van der Waals surface area contributed by atoms with Crippen molar-refractivity contribution in [3.05, 3.63) is 89.0 Å². The molecule has 0 unspecified atom stereocenters. The number of benzene rings is 3. The Bertz CT molecular complexity index is 1440. The molecule has 6 nitrogen and oxygen atoms in total. The van der Waals surface area contributed by atoms with Crippen molar-refractivity contribution >= 4 is 15.7 Å². The minimum absolute atomic E-state index is 0.0230. The third-order valence-corrected chi connectivity index (χ3v) is 9.27. The highest BCUT2D eigenvalue weighted by molar-refractivity contribution is 7.89. The summed E-state index contributed by atoms with van der Waals surface area (Å²) >= 11 is 0. The first-order valence-electron chi connectivity index (χ1n) is 12.1. The number of nitrogens with zero attached hydrogens (tertiary/aromatic N) is 2. The van der Waals surface area contributed by atoms with Gasteiger partial charge in [0.05, 0.1) is 36.3 Å². The number of para-hydroxylation sites is 1. The maximum Gasteiger partial charge on any atom is 0.243 e. The molecule has 36 heavy (non-hydrogen) atoms. The second-order valence-corrected chi connectivity index (χ2v) is 11.3. The smallest absolute Gasteiger partial charge is 0.243 e. The van der Waals surface area contributed by atoms with Gasteiger partial charge in [-0.25, -0.2) is 8.42 Å². The van der Waals surface area contributed by atoms with Crippen molar-refractivity contribution in [3.8, 4) is 17.6 Å². The fourth-order valence-corrected chi connectivity index (χ4v) is 7.16. The average Bonchev–Trinajstić information content (AvgIpc) is 3.34. The van der Waals surface area contributed by atoms with Gasteiger partial charge in [0.1, 0.15) is 5.75 Å². The van der Waals surface area contributed by atoms with E-state index in [4.69, 9.17) is 4.74 Å². The third-order valence-electron chi connectivity index (χ3n) is 7.38. The van der Waals surface area contributed by atoms with E-state index in [0.717, 1.165) is 27.9 Å². The molecule has 3 aromatic carbocycles. The molecule has 3 aromatic rings. The van der Waals surface area contributed by atoms with Crippen LogP contribution in [-0.2, 0) is 10.0 Å². The summed E-state index contributed by atoms with van der Waals surface area (Å²) in [7, 11) is -0.128. The molecule has 0 aliphatic carbocycles. The first-order valence-corrected chi connectivity index (χ1v) is 13.5. The number of sulfonamides is 1. The fraction of sp³-hybridized carbons (Fsp3) is 0.310. The molecular weight excluding hydrogens is 472 g/mol. The molecule has 7 heteroatoms. The van der Waals surface area contributed by atoms with Crippen LogP contribution in [0.5, 0.6) is 5.75 Å². The first kappa shape index (κ1) is 24.4. The molecule has 5 rings (SSSR count). The summed E-state index contributed by atoms with van der Waals surface area (Å²) in [6.07, 6.45) is 0.682. The lowest BCUT2D eigenvalue weighted by atomic mass is 9.82. The number of aliphatic hydroxyl groups is 1. The molecule has 0 amide bonds. The van der Waals surface area contributed by atoms with Gasteiger partial charge in [-0.2, -0.15) is 4.31 Å². The summed E-state index contributed by atoms with van der Waals surface area (Å²) in [4.78, 5) is 2.37. The van der Waals surface area contributed by atoms with E-state index in [1.165, 1.54) is 0 Å². The summed E-state index contributed by atoms with van der Waals surface area (Å²) in [5.74, 6) is 7.11. The van der Waals surface area contributed by atoms with Gasteiger partial charge >= 0.3 is 0 Å². The zero-order valence-corrected chi connectivity index (χ0v) is 21.5. The van der Waals surface area contributed by atoms with Gasteiger partial charge in [-0.1, -0.05) is 41.7 Å². The molecule has 1 saturated heterocycles. The Labute approximate surface area is 213 Å². The number of methoxy groups -OCH3 is 1. The van der Waals surface area contributed by atoms with Crippen LogP contribution < -0.4 is 9.64 Å². The topological polar surface area (TPSA) is 70.1 Å². The molecule has 3 atom stereocenters. The van der Waals surface area contributed by atoms with E-state index in [-0.39, 0.29) is 24.6 Å². The molecule has 2 aliphatic rings. The van der Waals surface area contributed by atoms with Crippen LogP contribution in [-0.4, -0.2) is 51.2 Å². The molecular formula is C29H30N2O4S. The van der Waals surface area contributed by atoms with Crippen LogP contribution in [0.2, 0.25) is 0 Å². The number of hydrogen-bond acceptors (Lipinski definition) is 5. The molecule has 1 fully saturated rings. The number of ether oxygens (including phenoxy) is 1. The van der Waals surface area contributed by atoms with Crippen molar-refractivity contribution in [1.29, 1.82) is 0 Å². The van der Waals surface area contributed by atoms with Crippen LogP contribution in [0, 0.1) is 24.7 Å². The Kier molecular flexibility index (Phi) is 6.52. The van der Waals surface area contributed by atoms with Gasteiger partial charge in [-0.05, 0) is 61.4 Å². The van der Waals surface area contributed by atoms with E-state index >= 15 is 0 Å². The zero-order valence-electron chi connectivity index (χ0n) is 20.7. The Morgan fingerprint density at radius 3 is 2.53 bits per heavy atom. The highest BCUT2D eigenvalue weighted by atomic mass is 32.2. The van der Waals surface area contributed by atoms with Crippen LogP contribution in [0.3, 0.4) is 0 Å². The summed E-state index contributed by atoms with van der Waals surface area (Å²) in [5, 5.41) is 10.2. The van der Waals surface area contributed by atoms with Crippen molar-refractivity contribution in [2.45, 2.75) is 30.3 Å². The minimum Gasteiger partial charge on any atom is -0.495 e. The van der Waals surface area contributed by atoms with Gasteiger partial charge in [-0.3, -0.25) is 0 Å². The van der Waals surface area contributed by atoms with Gasteiger partial charge in [0.25, 0.3) is 0 Å². The Morgan fingerprint density at radius 1 is 1.06 bits per heavy atom. The Balaban J connectivity index is 1.59. The van der Waals surface area contributed by atoms with Crippen LogP contribution in [0.4, 0.5) is 5.69 Å². The summed E-state index contributed by atoms with van der Waals surface area (Å²) < 4.78 is 34.6. The molecule has 0 bridgehead atoms. The van der Waals surface area contributed by atoms with Gasteiger partial charge in [0, 0.05) is 30.8 Å². The standard InChI is InChI=1S/C29H30N2O4S/c1-20-8-13-23(14-9-20)36(33,34)31-17-16-24-27(19-32)30(2)26-15-11-21(18-25(26)29(24)31)10-12-22-6-4-5-7-28(22)35-3/h4-9,11,13-15,18,24,27,29,32H,16-17,19H2,1-3H3/t24-,27+,29-/m1/s1. The number of likely N-dealkylation sites (N-methyl/N-ethyl adjacent to an activating group) is 1. The maximum absolute atomic E-state index is 13.8. The number of anilines is 1. The molecule has 186 valence electrons. The van der Waals surface area contributed by atoms with Gasteiger partial charge in [0.15, 0.2) is 0 Å². The molecule has 0 aromatic heterocycles. The molecule has 0 saturated carbocycles. The van der Waals surface area contributed by atoms with E-state index in [9.17, 15) is 13.5 Å². The predicted octanol–water partition coefficient (Wildman–Crippen LogP) is 3.97. The van der Waals surface area contributed by atoms with Crippen molar-refractivity contribution in [2.24, 2.45) is 5.92 Å². The zero-order chi connectivity index (χ0) is 25.4. The monoisotopic (exact) mass is 502 g/mol. The van der Waals surface area contributed by atoms with E-state index < -0.39 is 10.0 Å². The SMILES string of the molecule is COc1ccccc1C#Cc1ccc2c(c1)[C@H]1[C@H](CCN1S(=O)(=O)c1ccc(C)cc1)[C@H](CO)N2C. The molecule has 0 radical (unpaired) electrons. The maximum atomic E-state index is 13.8. The number of fused-ring (bicyclic) bond motifs is 3. The van der Waals surface area contributed by atoms with E-state index in [0.29, 0.717) is 23.6 Å². The van der Waals surface area contributed by atoms with Crippen LogP contribution in [0.15, 0.2) is 71.6 Å². The highest BCUT2D eigenvalue weighted by Crippen LogP contribution is 2.50.